The van der Waals surface area contributed by atoms with Gasteiger partial charge in [0.2, 0.25) is 0 Å². The smallest absolute Gasteiger partial charge is 0.348 e. The van der Waals surface area contributed by atoms with Crippen LogP contribution >= 0.6 is 11.3 Å². The molecule has 2 N–H and O–H groups in total. The Labute approximate surface area is 192 Å². The summed E-state index contributed by atoms with van der Waals surface area (Å²) in [5, 5.41) is 5.87. The number of anilines is 1. The van der Waals surface area contributed by atoms with Crippen molar-refractivity contribution in [2.24, 2.45) is 0 Å². The average molecular weight is 459 g/mol. The van der Waals surface area contributed by atoms with Gasteiger partial charge >= 0.3 is 18.0 Å². The average Bonchev–Trinajstić information content (AvgIpc) is 3.03. The topological polar surface area (TPSA) is 93.7 Å². The minimum atomic E-state index is -0.712. The van der Waals surface area contributed by atoms with Crippen molar-refractivity contribution in [3.63, 3.8) is 0 Å². The van der Waals surface area contributed by atoms with Crippen molar-refractivity contribution >= 4 is 39.9 Å². The Morgan fingerprint density at radius 1 is 1.09 bits per heavy atom. The number of nitrogens with one attached hydrogen (secondary N) is 2. The zero-order valence-electron chi connectivity index (χ0n) is 19.4. The Bertz CT molecular complexity index is 1040. The van der Waals surface area contributed by atoms with Crippen molar-refractivity contribution < 1.29 is 23.9 Å². The maximum absolute atomic E-state index is 12.9. The van der Waals surface area contributed by atoms with Crippen molar-refractivity contribution in [2.75, 3.05) is 18.5 Å². The summed E-state index contributed by atoms with van der Waals surface area (Å²) in [6.45, 7) is 15.0. The lowest BCUT2D eigenvalue weighted by Crippen LogP contribution is -2.43. The molecule has 0 fully saturated rings. The van der Waals surface area contributed by atoms with Crippen LogP contribution in [0.1, 0.15) is 71.3 Å². The minimum Gasteiger partial charge on any atom is -0.462 e. The fraction of sp³-hybridized carbons (Fsp3) is 0.375. The summed E-state index contributed by atoms with van der Waals surface area (Å²) in [6, 6.07) is 7.25. The molecule has 0 aliphatic rings. The first-order valence-electron chi connectivity index (χ1n) is 10.3. The van der Waals surface area contributed by atoms with E-state index in [0.29, 0.717) is 5.56 Å². The third kappa shape index (κ3) is 5.76. The van der Waals surface area contributed by atoms with E-state index in [2.05, 4.69) is 17.2 Å². The highest BCUT2D eigenvalue weighted by molar-refractivity contribution is 7.18. The van der Waals surface area contributed by atoms with Crippen LogP contribution in [-0.4, -0.2) is 31.2 Å². The van der Waals surface area contributed by atoms with Gasteiger partial charge in [-0.25, -0.2) is 14.4 Å². The van der Waals surface area contributed by atoms with E-state index in [1.807, 2.05) is 45.0 Å². The van der Waals surface area contributed by atoms with Crippen molar-refractivity contribution in [1.29, 1.82) is 0 Å². The zero-order chi connectivity index (χ0) is 24.1. The van der Waals surface area contributed by atoms with Crippen LogP contribution in [0.25, 0.3) is 5.57 Å². The number of thiophene rings is 1. The van der Waals surface area contributed by atoms with Gasteiger partial charge < -0.3 is 14.8 Å². The van der Waals surface area contributed by atoms with Crippen LogP contribution < -0.4 is 10.6 Å². The van der Waals surface area contributed by atoms with Crippen LogP contribution in [0.3, 0.4) is 0 Å². The number of hydrogen-bond acceptors (Lipinski definition) is 6. The highest BCUT2D eigenvalue weighted by Gasteiger charge is 2.29. The molecule has 1 heterocycles. The summed E-state index contributed by atoms with van der Waals surface area (Å²) in [6.07, 6.45) is 0. The van der Waals surface area contributed by atoms with E-state index in [1.165, 1.54) is 0 Å². The maximum atomic E-state index is 12.9. The second kappa shape index (κ2) is 10.5. The van der Waals surface area contributed by atoms with Crippen LogP contribution in [0.5, 0.6) is 0 Å². The first-order chi connectivity index (χ1) is 15.0. The van der Waals surface area contributed by atoms with Gasteiger partial charge in [0.1, 0.15) is 9.88 Å². The molecule has 32 heavy (non-hydrogen) atoms. The molecule has 2 rings (SSSR count). The van der Waals surface area contributed by atoms with Crippen LogP contribution in [0, 0.1) is 6.92 Å². The number of allylic oxidation sites excluding steroid dienone is 1. The van der Waals surface area contributed by atoms with Crippen molar-refractivity contribution in [2.45, 2.75) is 47.1 Å². The molecular formula is C24H30N2O5S. The lowest BCUT2D eigenvalue weighted by atomic mass is 9.92. The largest absolute Gasteiger partial charge is 0.462 e. The first kappa shape index (κ1) is 25.1. The predicted molar refractivity (Wildman–Crippen MR) is 127 cm³/mol. The number of amides is 2. The molecule has 2 amide bonds. The van der Waals surface area contributed by atoms with E-state index in [1.54, 1.807) is 20.8 Å². The lowest BCUT2D eigenvalue weighted by Gasteiger charge is -2.27. The van der Waals surface area contributed by atoms with Gasteiger partial charge in [0, 0.05) is 0 Å². The van der Waals surface area contributed by atoms with E-state index in [9.17, 15) is 14.4 Å². The molecule has 8 heteroatoms. The summed E-state index contributed by atoms with van der Waals surface area (Å²) in [4.78, 5) is 37.9. The molecule has 0 saturated heterocycles. The maximum Gasteiger partial charge on any atom is 0.348 e. The summed E-state index contributed by atoms with van der Waals surface area (Å²) in [5.74, 6) is -1.16. The van der Waals surface area contributed by atoms with Gasteiger partial charge in [-0.2, -0.15) is 0 Å². The van der Waals surface area contributed by atoms with Gasteiger partial charge in [0.05, 0.1) is 24.3 Å². The molecule has 1 aromatic carbocycles. The Morgan fingerprint density at radius 2 is 1.72 bits per heavy atom. The Balaban J connectivity index is 2.32. The highest BCUT2D eigenvalue weighted by atomic mass is 32.1. The SMILES string of the molecule is C=C(C)c1cccc(C(C)(C)NC(=O)Nc2sc(C(=O)OCC)c(C)c2C(=O)OCC)c1. The van der Waals surface area contributed by atoms with Crippen LogP contribution in [0.15, 0.2) is 30.8 Å². The van der Waals surface area contributed by atoms with Crippen molar-refractivity contribution in [1.82, 2.24) is 5.32 Å². The van der Waals surface area contributed by atoms with Crippen molar-refractivity contribution in [3.8, 4) is 0 Å². The fourth-order valence-electron chi connectivity index (χ4n) is 3.11. The first-order valence-corrected chi connectivity index (χ1v) is 11.2. The van der Waals surface area contributed by atoms with Gasteiger partial charge in [-0.15, -0.1) is 11.3 Å². The number of rotatable bonds is 8. The van der Waals surface area contributed by atoms with E-state index in [0.717, 1.165) is 28.0 Å². The second-order valence-electron chi connectivity index (χ2n) is 7.77. The fourth-order valence-corrected chi connectivity index (χ4v) is 4.19. The van der Waals surface area contributed by atoms with E-state index in [4.69, 9.17) is 9.47 Å². The number of carbonyl (C=O) groups is 3. The van der Waals surface area contributed by atoms with E-state index in [-0.39, 0.29) is 28.7 Å². The molecule has 7 nitrogen and oxygen atoms in total. The monoisotopic (exact) mass is 458 g/mol. The van der Waals surface area contributed by atoms with Gasteiger partial charge in [0.25, 0.3) is 0 Å². The molecule has 0 bridgehead atoms. The quantitative estimate of drug-likeness (QED) is 0.510. The summed E-state index contributed by atoms with van der Waals surface area (Å²) in [7, 11) is 0. The normalized spacial score (nSPS) is 10.9. The van der Waals surface area contributed by atoms with Gasteiger partial charge in [-0.1, -0.05) is 30.4 Å². The number of ether oxygens (including phenoxy) is 2. The Kier molecular flexibility index (Phi) is 8.21. The Hall–Kier alpha value is -3.13. The Morgan fingerprint density at radius 3 is 2.31 bits per heavy atom. The van der Waals surface area contributed by atoms with Gasteiger partial charge in [-0.3, -0.25) is 5.32 Å². The number of esters is 2. The minimum absolute atomic E-state index is 0.150. The van der Waals surface area contributed by atoms with Gasteiger partial charge in [-0.05, 0) is 64.3 Å². The van der Waals surface area contributed by atoms with E-state index >= 15 is 0 Å². The highest BCUT2D eigenvalue weighted by Crippen LogP contribution is 2.34. The molecule has 1 aromatic heterocycles. The summed E-state index contributed by atoms with van der Waals surface area (Å²) >= 11 is 0.986. The van der Waals surface area contributed by atoms with E-state index < -0.39 is 23.5 Å². The van der Waals surface area contributed by atoms with Gasteiger partial charge in [0.15, 0.2) is 0 Å². The molecule has 172 valence electrons. The predicted octanol–water partition coefficient (Wildman–Crippen LogP) is 5.50. The molecular weight excluding hydrogens is 428 g/mol. The van der Waals surface area contributed by atoms with Crippen LogP contribution in [0.2, 0.25) is 0 Å². The molecule has 0 radical (unpaired) electrons. The lowest BCUT2D eigenvalue weighted by molar-refractivity contribution is 0.0527. The molecule has 0 unspecified atom stereocenters. The summed E-state index contributed by atoms with van der Waals surface area (Å²) < 4.78 is 10.2. The summed E-state index contributed by atoms with van der Waals surface area (Å²) in [5.41, 5.74) is 2.65. The van der Waals surface area contributed by atoms with Crippen LogP contribution in [0.4, 0.5) is 9.80 Å². The third-order valence-electron chi connectivity index (χ3n) is 4.82. The molecule has 0 saturated carbocycles. The molecule has 0 atom stereocenters. The van der Waals surface area contributed by atoms with Crippen LogP contribution in [-0.2, 0) is 15.0 Å². The molecule has 0 spiro atoms. The third-order valence-corrected chi connectivity index (χ3v) is 6.00. The second-order valence-corrected chi connectivity index (χ2v) is 8.79. The number of benzene rings is 1. The zero-order valence-corrected chi connectivity index (χ0v) is 20.2. The molecule has 0 aliphatic heterocycles. The van der Waals surface area contributed by atoms with Crippen molar-refractivity contribution in [3.05, 3.63) is 58.0 Å². The molecule has 0 aliphatic carbocycles. The molecule has 2 aromatic rings. The number of hydrogen-bond donors (Lipinski definition) is 2. The standard InChI is InChI=1S/C24H30N2O5S/c1-8-30-21(27)18-15(5)19(22(28)31-9-2)32-20(18)25-23(29)26-24(6,7)17-12-10-11-16(13-17)14(3)4/h10-13H,3,8-9H2,1-2,4-7H3,(H2,25,26,29). The number of carbonyl (C=O) groups excluding carboxylic acids is 3. The number of urea groups is 1.